The SMILES string of the molecule is CN1CCC[C@H]1C(=O)NC1[C@@H]2CC[C@H]1CN(C(=O)c1cccc(C(F)(F)F)c1)C2. The molecule has 1 unspecified atom stereocenters. The van der Waals surface area contributed by atoms with Crippen LogP contribution in [0.5, 0.6) is 0 Å². The minimum Gasteiger partial charge on any atom is -0.351 e. The largest absolute Gasteiger partial charge is 0.416 e. The van der Waals surface area contributed by atoms with Crippen molar-refractivity contribution in [1.29, 1.82) is 0 Å². The molecule has 2 saturated heterocycles. The molecule has 0 aromatic heterocycles. The molecule has 158 valence electrons. The average molecular weight is 409 g/mol. The molecule has 2 aliphatic heterocycles. The lowest BCUT2D eigenvalue weighted by atomic mass is 9.91. The fourth-order valence-corrected chi connectivity index (χ4v) is 5.14. The van der Waals surface area contributed by atoms with Crippen LogP contribution in [0.25, 0.3) is 0 Å². The molecule has 1 aromatic rings. The minimum atomic E-state index is -4.47. The third-order valence-corrected chi connectivity index (χ3v) is 6.69. The summed E-state index contributed by atoms with van der Waals surface area (Å²) >= 11 is 0. The summed E-state index contributed by atoms with van der Waals surface area (Å²) in [7, 11) is 1.96. The second kappa shape index (κ2) is 7.63. The molecule has 4 atom stereocenters. The standard InChI is InChI=1S/C21H26F3N3O2/c1-26-9-3-6-17(26)19(28)25-18-14-7-8-15(18)12-27(11-14)20(29)13-4-2-5-16(10-13)21(22,23)24/h2,4-5,10,14-15,17-18H,3,6-9,11-12H2,1H3,(H,25,28)/t14-,15+,17-,18?/m0/s1. The molecule has 1 aromatic carbocycles. The zero-order valence-corrected chi connectivity index (χ0v) is 16.4. The molecule has 2 amide bonds. The van der Waals surface area contributed by atoms with Crippen LogP contribution in [0.1, 0.15) is 41.6 Å². The van der Waals surface area contributed by atoms with Crippen LogP contribution in [0.2, 0.25) is 0 Å². The molecule has 2 bridgehead atoms. The number of hydrogen-bond donors (Lipinski definition) is 1. The molecule has 0 radical (unpaired) electrons. The maximum atomic E-state index is 13.0. The number of nitrogens with zero attached hydrogens (tertiary/aromatic N) is 2. The molecule has 3 aliphatic rings. The van der Waals surface area contributed by atoms with Gasteiger partial charge in [-0.2, -0.15) is 13.2 Å². The minimum absolute atomic E-state index is 0.0436. The number of likely N-dealkylation sites (N-methyl/N-ethyl adjacent to an activating group) is 1. The molecule has 1 saturated carbocycles. The second-order valence-corrected chi connectivity index (χ2v) is 8.56. The Morgan fingerprint density at radius 3 is 2.38 bits per heavy atom. The smallest absolute Gasteiger partial charge is 0.351 e. The van der Waals surface area contributed by atoms with Gasteiger partial charge < -0.3 is 10.2 Å². The first-order chi connectivity index (χ1) is 13.7. The Morgan fingerprint density at radius 2 is 1.79 bits per heavy atom. The lowest BCUT2D eigenvalue weighted by molar-refractivity contribution is -0.137. The lowest BCUT2D eigenvalue weighted by Crippen LogP contribution is -2.56. The third kappa shape index (κ3) is 3.99. The molecule has 0 spiro atoms. The normalized spacial score (nSPS) is 29.9. The van der Waals surface area contributed by atoms with Crippen molar-refractivity contribution in [3.63, 3.8) is 0 Å². The number of fused-ring (bicyclic) bond motifs is 2. The van der Waals surface area contributed by atoms with Gasteiger partial charge in [0.05, 0.1) is 11.6 Å². The van der Waals surface area contributed by atoms with E-state index in [0.29, 0.717) is 13.1 Å². The van der Waals surface area contributed by atoms with Crippen LogP contribution in [0.4, 0.5) is 13.2 Å². The van der Waals surface area contributed by atoms with Crippen molar-refractivity contribution in [1.82, 2.24) is 15.1 Å². The van der Waals surface area contributed by atoms with Crippen LogP contribution in [-0.2, 0) is 11.0 Å². The van der Waals surface area contributed by atoms with E-state index in [-0.39, 0.29) is 41.3 Å². The Bertz CT molecular complexity index is 784. The first-order valence-electron chi connectivity index (χ1n) is 10.2. The molecule has 1 N–H and O–H groups in total. The van der Waals surface area contributed by atoms with Crippen LogP contribution in [0.15, 0.2) is 24.3 Å². The van der Waals surface area contributed by atoms with Gasteiger partial charge in [-0.25, -0.2) is 0 Å². The van der Waals surface area contributed by atoms with Gasteiger partial charge in [-0.1, -0.05) is 6.07 Å². The van der Waals surface area contributed by atoms with Gasteiger partial charge in [-0.3, -0.25) is 14.5 Å². The average Bonchev–Trinajstić information content (AvgIpc) is 3.19. The third-order valence-electron chi connectivity index (χ3n) is 6.69. The Kier molecular flexibility index (Phi) is 5.31. The van der Waals surface area contributed by atoms with Gasteiger partial charge in [0.15, 0.2) is 0 Å². The van der Waals surface area contributed by atoms with Crippen LogP contribution in [-0.4, -0.2) is 60.4 Å². The van der Waals surface area contributed by atoms with Gasteiger partial charge >= 0.3 is 6.18 Å². The van der Waals surface area contributed by atoms with Crippen molar-refractivity contribution in [2.24, 2.45) is 11.8 Å². The first kappa shape index (κ1) is 20.2. The number of halogens is 3. The van der Waals surface area contributed by atoms with E-state index < -0.39 is 11.7 Å². The maximum Gasteiger partial charge on any atom is 0.416 e. The lowest BCUT2D eigenvalue weighted by Gasteiger charge is -2.39. The van der Waals surface area contributed by atoms with Gasteiger partial charge in [0, 0.05) is 24.7 Å². The van der Waals surface area contributed by atoms with E-state index in [2.05, 4.69) is 10.2 Å². The predicted octanol–water partition coefficient (Wildman–Crippen LogP) is 2.77. The van der Waals surface area contributed by atoms with Crippen LogP contribution in [0, 0.1) is 11.8 Å². The van der Waals surface area contributed by atoms with Gasteiger partial charge in [-0.15, -0.1) is 0 Å². The molecule has 29 heavy (non-hydrogen) atoms. The number of benzene rings is 1. The van der Waals surface area contributed by atoms with Crippen molar-refractivity contribution in [3.8, 4) is 0 Å². The first-order valence-corrected chi connectivity index (χ1v) is 10.2. The summed E-state index contributed by atoms with van der Waals surface area (Å²) in [5, 5.41) is 3.21. The highest BCUT2D eigenvalue weighted by Crippen LogP contribution is 2.38. The van der Waals surface area contributed by atoms with Crippen molar-refractivity contribution in [3.05, 3.63) is 35.4 Å². The monoisotopic (exact) mass is 409 g/mol. The molecule has 5 nitrogen and oxygen atoms in total. The Balaban J connectivity index is 1.42. The number of alkyl halides is 3. The Hall–Kier alpha value is -2.09. The fraction of sp³-hybridized carbons (Fsp3) is 0.619. The fourth-order valence-electron chi connectivity index (χ4n) is 5.14. The molecule has 8 heteroatoms. The number of hydrogen-bond acceptors (Lipinski definition) is 3. The molecule has 1 aliphatic carbocycles. The van der Waals surface area contributed by atoms with E-state index >= 15 is 0 Å². The summed E-state index contributed by atoms with van der Waals surface area (Å²) in [4.78, 5) is 29.2. The number of nitrogens with one attached hydrogen (secondary N) is 1. The van der Waals surface area contributed by atoms with E-state index in [0.717, 1.165) is 44.4 Å². The van der Waals surface area contributed by atoms with Gasteiger partial charge in [-0.05, 0) is 69.3 Å². The Morgan fingerprint density at radius 1 is 1.10 bits per heavy atom. The van der Waals surface area contributed by atoms with Crippen LogP contribution in [0.3, 0.4) is 0 Å². The zero-order valence-electron chi connectivity index (χ0n) is 16.4. The Labute approximate surface area is 168 Å². The molecule has 4 rings (SSSR count). The van der Waals surface area contributed by atoms with Crippen LogP contribution < -0.4 is 5.32 Å². The number of piperidine rings is 1. The zero-order chi connectivity index (χ0) is 20.8. The molecular weight excluding hydrogens is 383 g/mol. The van der Waals surface area contributed by atoms with E-state index in [4.69, 9.17) is 0 Å². The number of amides is 2. The molecular formula is C21H26F3N3O2. The summed E-state index contributed by atoms with van der Waals surface area (Å²) in [5.74, 6) is -0.00354. The number of likely N-dealkylation sites (tertiary alicyclic amines) is 2. The van der Waals surface area contributed by atoms with Gasteiger partial charge in [0.2, 0.25) is 5.91 Å². The summed E-state index contributed by atoms with van der Waals surface area (Å²) in [6.45, 7) is 1.86. The second-order valence-electron chi connectivity index (χ2n) is 8.56. The highest BCUT2D eigenvalue weighted by atomic mass is 19.4. The van der Waals surface area contributed by atoms with E-state index in [1.54, 1.807) is 4.90 Å². The summed E-state index contributed by atoms with van der Waals surface area (Å²) in [5.41, 5.74) is -0.747. The highest BCUT2D eigenvalue weighted by Gasteiger charge is 2.45. The van der Waals surface area contributed by atoms with Crippen molar-refractivity contribution >= 4 is 11.8 Å². The topological polar surface area (TPSA) is 52.7 Å². The summed E-state index contributed by atoms with van der Waals surface area (Å²) in [6.07, 6.45) is -0.749. The van der Waals surface area contributed by atoms with Gasteiger partial charge in [0.25, 0.3) is 5.91 Å². The van der Waals surface area contributed by atoms with E-state index in [1.165, 1.54) is 12.1 Å². The molecule has 2 heterocycles. The van der Waals surface area contributed by atoms with Crippen LogP contribution >= 0.6 is 0 Å². The quantitative estimate of drug-likeness (QED) is 0.835. The van der Waals surface area contributed by atoms with Crippen molar-refractivity contribution < 1.29 is 22.8 Å². The van der Waals surface area contributed by atoms with Crippen molar-refractivity contribution in [2.75, 3.05) is 26.7 Å². The number of carbonyl (C=O) groups is 2. The van der Waals surface area contributed by atoms with Crippen molar-refractivity contribution in [2.45, 2.75) is 43.9 Å². The molecule has 3 fully saturated rings. The van der Waals surface area contributed by atoms with E-state index in [9.17, 15) is 22.8 Å². The number of rotatable bonds is 3. The predicted molar refractivity (Wildman–Crippen MR) is 101 cm³/mol. The summed E-state index contributed by atoms with van der Waals surface area (Å²) < 4.78 is 38.9. The summed E-state index contributed by atoms with van der Waals surface area (Å²) in [6, 6.07) is 4.57. The highest BCUT2D eigenvalue weighted by molar-refractivity contribution is 5.94. The van der Waals surface area contributed by atoms with E-state index in [1.807, 2.05) is 7.05 Å². The maximum absolute atomic E-state index is 13.0. The van der Waals surface area contributed by atoms with Gasteiger partial charge in [0.1, 0.15) is 0 Å². The number of carbonyl (C=O) groups excluding carboxylic acids is 2.